The van der Waals surface area contributed by atoms with Gasteiger partial charge in [-0.1, -0.05) is 0 Å². The van der Waals surface area contributed by atoms with E-state index in [1.165, 1.54) is 0 Å². The van der Waals surface area contributed by atoms with Gasteiger partial charge in [0.25, 0.3) is 0 Å². The molecule has 4 heteroatoms. The van der Waals surface area contributed by atoms with Crippen molar-refractivity contribution in [1.29, 1.82) is 0 Å². The molecule has 0 aliphatic carbocycles. The van der Waals surface area contributed by atoms with E-state index in [-0.39, 0.29) is 64.2 Å². The monoisotopic (exact) mass is 201 g/mol. The fourth-order valence-corrected chi connectivity index (χ4v) is 0.895. The van der Waals surface area contributed by atoms with Crippen molar-refractivity contribution in [2.75, 3.05) is 6.54 Å². The van der Waals surface area contributed by atoms with Crippen molar-refractivity contribution in [2.45, 2.75) is 18.9 Å². The topological polar surface area (TPSA) is 49.3 Å². The van der Waals surface area contributed by atoms with E-state index >= 15 is 0 Å². The average molecular weight is 202 g/mol. The molecule has 0 bridgehead atoms. The molecule has 1 heterocycles. The number of hydrogen-bond acceptors (Lipinski definition) is 2. The van der Waals surface area contributed by atoms with Gasteiger partial charge in [0.2, 0.25) is 0 Å². The summed E-state index contributed by atoms with van der Waals surface area (Å²) in [6.07, 6.45) is 1.78. The molecule has 1 atom stereocenters. The summed E-state index contributed by atoms with van der Waals surface area (Å²) in [6, 6.07) is -0.269. The Kier molecular flexibility index (Phi) is 5.64. The van der Waals surface area contributed by atoms with Gasteiger partial charge in [0, 0.05) is 0 Å². The van der Waals surface area contributed by atoms with Crippen molar-refractivity contribution in [1.82, 2.24) is 5.32 Å². The van der Waals surface area contributed by atoms with Crippen molar-refractivity contribution < 1.29 is 9.90 Å². The van der Waals surface area contributed by atoms with Gasteiger partial charge in [-0.15, -0.1) is 0 Å². The molecule has 1 rings (SSSR count). The van der Waals surface area contributed by atoms with E-state index in [2.05, 4.69) is 5.32 Å². The van der Waals surface area contributed by atoms with Crippen LogP contribution >= 0.6 is 0 Å². The second kappa shape index (κ2) is 4.96. The van der Waals surface area contributed by atoms with Crippen LogP contribution in [0.15, 0.2) is 0 Å². The van der Waals surface area contributed by atoms with Crippen LogP contribution in [0.5, 0.6) is 0 Å². The van der Waals surface area contributed by atoms with E-state index in [0.29, 0.717) is 0 Å². The normalized spacial score (nSPS) is 25.1. The van der Waals surface area contributed by atoms with Gasteiger partial charge in [0.05, 0.1) is 0 Å². The molecule has 1 saturated heterocycles. The maximum absolute atomic E-state index is 10.1. The molecule has 0 amide bonds. The third kappa shape index (κ3) is 3.23. The molecule has 0 aromatic rings. The Morgan fingerprint density at radius 2 is 2.33 bits per heavy atom. The number of rotatable bonds is 1. The molecule has 9 heavy (non-hydrogen) atoms. The Morgan fingerprint density at radius 1 is 1.67 bits per heavy atom. The van der Waals surface area contributed by atoms with Gasteiger partial charge >= 0.3 is 64.2 Å². The van der Waals surface area contributed by atoms with Crippen molar-refractivity contribution in [3.63, 3.8) is 0 Å². The van der Waals surface area contributed by atoms with E-state index in [9.17, 15) is 4.79 Å². The van der Waals surface area contributed by atoms with Crippen LogP contribution in [0.1, 0.15) is 12.8 Å². The zero-order valence-corrected chi connectivity index (χ0v) is 4.55. The molecule has 0 radical (unpaired) electrons. The van der Waals surface area contributed by atoms with Crippen LogP contribution in [0.4, 0.5) is 0 Å². The summed E-state index contributed by atoms with van der Waals surface area (Å²) in [5.74, 6) is -0.720. The third-order valence-electron chi connectivity index (χ3n) is 1.36. The van der Waals surface area contributed by atoms with Crippen LogP contribution in [0.2, 0.25) is 0 Å². The summed E-state index contributed by atoms with van der Waals surface area (Å²) in [4.78, 5) is 10.1. The Bertz CT molecular complexity index is 101. The van der Waals surface area contributed by atoms with Gasteiger partial charge in [-0.25, -0.2) is 0 Å². The van der Waals surface area contributed by atoms with Crippen molar-refractivity contribution in [2.24, 2.45) is 0 Å². The second-order valence-corrected chi connectivity index (χ2v) is 1.99. The molecular weight excluding hydrogens is 192 g/mol. The van der Waals surface area contributed by atoms with E-state index in [4.69, 9.17) is 5.11 Å². The van der Waals surface area contributed by atoms with Crippen molar-refractivity contribution >= 4 is 64.2 Å². The minimum absolute atomic E-state index is 0. The molecular formula is C5H10NO2Rb. The van der Waals surface area contributed by atoms with Crippen molar-refractivity contribution in [3.05, 3.63) is 0 Å². The van der Waals surface area contributed by atoms with Crippen LogP contribution in [-0.4, -0.2) is 81.8 Å². The first-order valence-electron chi connectivity index (χ1n) is 2.77. The molecule has 0 aromatic heterocycles. The van der Waals surface area contributed by atoms with Crippen LogP contribution in [-0.2, 0) is 4.79 Å². The fourth-order valence-electron chi connectivity index (χ4n) is 0.895. The number of carboxylic acids is 1. The average Bonchev–Trinajstić information content (AvgIpc) is 2.12. The first kappa shape index (κ1) is 10.2. The van der Waals surface area contributed by atoms with E-state index in [0.717, 1.165) is 19.4 Å². The quantitative estimate of drug-likeness (QED) is 0.583. The molecule has 3 nitrogen and oxygen atoms in total. The fraction of sp³-hybridized carbons (Fsp3) is 0.800. The first-order chi connectivity index (χ1) is 3.80. The van der Waals surface area contributed by atoms with Crippen LogP contribution in [0.3, 0.4) is 0 Å². The Morgan fingerprint density at radius 3 is 2.56 bits per heavy atom. The summed E-state index contributed by atoms with van der Waals surface area (Å²) in [7, 11) is 0. The van der Waals surface area contributed by atoms with Crippen LogP contribution in [0, 0.1) is 0 Å². The predicted octanol–water partition coefficient (Wildman–Crippen LogP) is -0.826. The Balaban J connectivity index is 0.000000640. The Labute approximate surface area is 103 Å². The standard InChI is InChI=1S/C5H9NO2.Rb.H/c7-5(8)4-2-1-3-6-4;;/h4,6H,1-3H2,(H,7,8);;/t4-;;/m0../s1. The van der Waals surface area contributed by atoms with Crippen LogP contribution < -0.4 is 5.32 Å². The van der Waals surface area contributed by atoms with E-state index < -0.39 is 5.97 Å². The minimum atomic E-state index is -0.720. The number of carboxylic acid groups (broad SMARTS) is 1. The molecule has 0 aromatic carbocycles. The SMILES string of the molecule is O=C(O)[C@@H]1CCCN1.[RbH]. The third-order valence-corrected chi connectivity index (χ3v) is 1.36. The molecule has 1 aliphatic rings. The summed E-state index contributed by atoms with van der Waals surface area (Å²) < 4.78 is 0. The van der Waals surface area contributed by atoms with E-state index in [1.54, 1.807) is 0 Å². The summed E-state index contributed by atoms with van der Waals surface area (Å²) in [5.41, 5.74) is 0. The molecule has 1 aliphatic heterocycles. The summed E-state index contributed by atoms with van der Waals surface area (Å²) in [6.45, 7) is 0.858. The van der Waals surface area contributed by atoms with Crippen LogP contribution in [0.25, 0.3) is 0 Å². The summed E-state index contributed by atoms with van der Waals surface area (Å²) >= 11 is 0. The molecule has 0 unspecified atom stereocenters. The van der Waals surface area contributed by atoms with E-state index in [1.807, 2.05) is 0 Å². The van der Waals surface area contributed by atoms with Gasteiger partial charge in [-0.05, 0) is 19.4 Å². The van der Waals surface area contributed by atoms with Gasteiger partial charge in [-0.2, -0.15) is 0 Å². The zero-order chi connectivity index (χ0) is 5.98. The molecule has 1 fully saturated rings. The number of nitrogens with one attached hydrogen (secondary N) is 1. The maximum atomic E-state index is 10.1. The van der Waals surface area contributed by atoms with Gasteiger partial charge < -0.3 is 10.4 Å². The summed E-state index contributed by atoms with van der Waals surface area (Å²) in [5, 5.41) is 11.2. The van der Waals surface area contributed by atoms with Gasteiger partial charge in [-0.3, -0.25) is 4.79 Å². The molecule has 0 saturated carbocycles. The number of carbonyl (C=O) groups is 1. The predicted molar refractivity (Wildman–Crippen MR) is 35.8 cm³/mol. The Hall–Kier alpha value is 1.24. The molecule has 0 spiro atoms. The first-order valence-corrected chi connectivity index (χ1v) is 2.77. The van der Waals surface area contributed by atoms with Gasteiger partial charge in [0.15, 0.2) is 0 Å². The molecule has 2 N–H and O–H groups in total. The molecule has 48 valence electrons. The number of aliphatic carboxylic acids is 1. The van der Waals surface area contributed by atoms with Crippen molar-refractivity contribution in [3.8, 4) is 0 Å². The van der Waals surface area contributed by atoms with Gasteiger partial charge in [0.1, 0.15) is 6.04 Å². The second-order valence-electron chi connectivity index (χ2n) is 1.99. The zero-order valence-electron chi connectivity index (χ0n) is 4.55. The number of hydrogen-bond donors (Lipinski definition) is 2.